The van der Waals surface area contributed by atoms with Gasteiger partial charge in [0.1, 0.15) is 37.3 Å². The molecule has 0 radical (unpaired) electrons. The molecule has 7 N–H and O–H groups in total. The molecule has 21 rings (SSSR count). The van der Waals surface area contributed by atoms with Gasteiger partial charge in [-0.1, -0.05) is 410 Å². The van der Waals surface area contributed by atoms with Gasteiger partial charge >= 0.3 is 7.12 Å². The van der Waals surface area contributed by atoms with Gasteiger partial charge in [0.15, 0.2) is 6.29 Å². The average molecular weight is 2100 g/mol. The number of rotatable bonds is 13. The first-order valence-corrected chi connectivity index (χ1v) is 54.2. The van der Waals surface area contributed by atoms with Gasteiger partial charge in [-0.25, -0.2) is 19.9 Å². The second-order valence-corrected chi connectivity index (χ2v) is 48.7. The van der Waals surface area contributed by atoms with Gasteiger partial charge < -0.3 is 31.1 Å². The van der Waals surface area contributed by atoms with Crippen molar-refractivity contribution in [1.82, 2.24) is 19.9 Å². The maximum absolute atomic E-state index is 11.0. The molecule has 11 nitrogen and oxygen atoms in total. The molecule has 21 aromatic rings. The van der Waals surface area contributed by atoms with Crippen LogP contribution in [-0.4, -0.2) is 58.7 Å². The number of aromatic hydroxyl groups is 3. The van der Waals surface area contributed by atoms with Crippen molar-refractivity contribution in [2.24, 2.45) is 0 Å². The van der Waals surface area contributed by atoms with Crippen LogP contribution in [0, 0.1) is 6.92 Å². The molecule has 4 heterocycles. The number of aryl methyl sites for hydroxylation is 1. The Morgan fingerprint density at radius 1 is 0.275 bits per heavy atom. The molecule has 17 aromatic carbocycles. The Hall–Kier alpha value is -14.4. The number of anilines is 1. The Balaban J connectivity index is 0.000000130. The van der Waals surface area contributed by atoms with Gasteiger partial charge in [-0.05, 0) is 246 Å². The number of nitrogens with two attached hydrogens (primary N) is 1. The minimum Gasteiger partial charge on any atom is -0.507 e. The third-order valence-corrected chi connectivity index (χ3v) is 31.1. The lowest BCUT2D eigenvalue weighted by Crippen LogP contribution is -2.29. The van der Waals surface area contributed by atoms with Crippen LogP contribution in [0.25, 0.3) is 161 Å². The zero-order valence-electron chi connectivity index (χ0n) is 88.0. The summed E-state index contributed by atoms with van der Waals surface area (Å²) in [5, 5.41) is 52.1. The number of hydrogen-bond donors (Lipinski definition) is 6. The standard InChI is InChI=1S/C30H27NS.C29H26N2S.C29H25NOS.C17H16BrNOS.C15H22O2.C12H11BO2/c1-20-10-8-9-13-25(20)29-31-28-26(18-24(30(2,3)4)19-27(28)32-29)23-16-14-22(15-17-23)21-11-6-5-7-12-21;1-29(2,3)22-17-24(21-15-13-20(14-16-21)19-9-5-4-6-10-19)27-26(18-22)32-28(31-27)23-11-7-8-12-25(23)30;1-29(2,3)22-17-24(21-15-13-20(14-16-21)19-9-5-4-6-10-19)27-26(18-22)32-28(30-27)23-11-7-8-12-25(23)31;1-17(2,3)10-8-12(18)15-14(9-10)21-16(19-15)11-6-4-5-7-13(11)20;1-14(2,3)11-7-10(9-16)13(17)12(8-11)15(4,5)6;14-13(15)12-8-6-11(7-9-12)10-4-2-1-3-5-10/h5-19H,1-4H3;4-18H,30H2,1-3H3;4-18,31H,1-3H3;4-9,20H,1-3H3;7-9,17H,1-6H3;1-9,14-15H. The van der Waals surface area contributed by atoms with Crippen LogP contribution in [0.5, 0.6) is 17.2 Å². The fourth-order valence-electron chi connectivity index (χ4n) is 17.4. The molecule has 4 aromatic heterocycles. The van der Waals surface area contributed by atoms with Crippen LogP contribution in [-0.2, 0) is 32.5 Å². The maximum atomic E-state index is 11.0. The lowest BCUT2D eigenvalue weighted by atomic mass is 9.79. The van der Waals surface area contributed by atoms with Crippen LogP contribution < -0.4 is 11.2 Å². The summed E-state index contributed by atoms with van der Waals surface area (Å²) in [5.74, 6) is 0.639. The summed E-state index contributed by atoms with van der Waals surface area (Å²) in [6.07, 6.45) is 0.722. The molecule has 0 aliphatic heterocycles. The SMILES string of the molecule is CC(C)(C)c1cc(-c2ccc(-c3ccccc3)cc2)c2nc(-c3ccccc3N)sc2c1.CC(C)(C)c1cc(-c2ccc(-c3ccccc3)cc2)c2nc(-c3ccccc3O)sc2c1.CC(C)(C)c1cc(Br)c2nc(-c3ccccc3O)sc2c1.CC(C)(C)c1cc(C=O)c(O)c(C(C)(C)C)c1.Cc1ccccc1-c1nc2c(-c3ccc(-c4ccccc4)cc3)cc(C(C)(C)C)cc2s1.OB(O)c1ccc(-c2ccccc2)cc1. The first kappa shape index (κ1) is 107. The zero-order valence-corrected chi connectivity index (χ0v) is 92.8. The minimum absolute atomic E-state index is 0.0198. The number of halogens is 1. The third kappa shape index (κ3) is 25.8. The number of nitrogens with zero attached hydrogens (tertiary/aromatic N) is 4. The maximum Gasteiger partial charge on any atom is 0.488 e. The zero-order chi connectivity index (χ0) is 106. The Morgan fingerprint density at radius 3 is 0.852 bits per heavy atom. The molecule has 0 amide bonds. The lowest BCUT2D eigenvalue weighted by Gasteiger charge is -2.26. The molecule has 0 atom stereocenters. The van der Waals surface area contributed by atoms with E-state index in [9.17, 15) is 20.1 Å². The Bertz CT molecular complexity index is 7750. The number of thiazole rings is 4. The predicted octanol–water partition coefficient (Wildman–Crippen LogP) is 35.9. The van der Waals surface area contributed by atoms with E-state index in [0.29, 0.717) is 11.0 Å². The van der Waals surface area contributed by atoms with Crippen molar-refractivity contribution in [2.75, 3.05) is 5.73 Å². The molecule has 0 spiro atoms. The van der Waals surface area contributed by atoms with E-state index >= 15 is 0 Å². The highest BCUT2D eigenvalue weighted by molar-refractivity contribution is 9.10. The van der Waals surface area contributed by atoms with Gasteiger partial charge in [0.05, 0.1) is 57.6 Å². The Kier molecular flexibility index (Phi) is 32.7. The van der Waals surface area contributed by atoms with Gasteiger partial charge in [0, 0.05) is 43.5 Å². The minimum atomic E-state index is -1.39. The number of aromatic nitrogens is 4. The van der Waals surface area contributed by atoms with E-state index in [1.54, 1.807) is 75.7 Å². The van der Waals surface area contributed by atoms with Gasteiger partial charge in [-0.15, -0.1) is 45.3 Å². The van der Waals surface area contributed by atoms with Crippen LogP contribution in [0.2, 0.25) is 0 Å². The molecular formula is C132H127BBrN5O6S4. The quantitative estimate of drug-likeness (QED) is 0.0365. The van der Waals surface area contributed by atoms with Crippen molar-refractivity contribution in [1.29, 1.82) is 0 Å². The molecule has 149 heavy (non-hydrogen) atoms. The highest BCUT2D eigenvalue weighted by Crippen LogP contribution is 2.48. The summed E-state index contributed by atoms with van der Waals surface area (Å²) < 4.78 is 5.71. The predicted molar refractivity (Wildman–Crippen MR) is 640 cm³/mol. The van der Waals surface area contributed by atoms with Crippen molar-refractivity contribution in [3.8, 4) is 137 Å². The number of phenolic OH excluding ortho intramolecular Hbond substituents is 3. The molecule has 17 heteroatoms. The summed E-state index contributed by atoms with van der Waals surface area (Å²) in [6.45, 7) is 41.5. The first-order chi connectivity index (χ1) is 70.9. The van der Waals surface area contributed by atoms with Crippen LogP contribution in [0.4, 0.5) is 5.69 Å². The van der Waals surface area contributed by atoms with Gasteiger partial charge in [0.25, 0.3) is 0 Å². The fraction of sp³-hybridized carbons (Fsp3) is 0.189. The van der Waals surface area contributed by atoms with E-state index in [0.717, 1.165) is 118 Å². The molecule has 0 fully saturated rings. The van der Waals surface area contributed by atoms with E-state index in [2.05, 4.69) is 356 Å². The summed E-state index contributed by atoms with van der Waals surface area (Å²) in [7, 11) is -1.39. The smallest absolute Gasteiger partial charge is 0.488 e. The lowest BCUT2D eigenvalue weighted by molar-refractivity contribution is 0.112. The van der Waals surface area contributed by atoms with E-state index in [1.807, 2.05) is 142 Å². The van der Waals surface area contributed by atoms with E-state index in [4.69, 9.17) is 30.7 Å². The second-order valence-electron chi connectivity index (χ2n) is 43.7. The Morgan fingerprint density at radius 2 is 0.537 bits per heavy atom. The van der Waals surface area contributed by atoms with E-state index in [-0.39, 0.29) is 49.7 Å². The molecule has 0 bridgehead atoms. The number of benzene rings is 17. The number of hydrogen-bond acceptors (Lipinski definition) is 15. The van der Waals surface area contributed by atoms with Crippen LogP contribution in [0.15, 0.2) is 381 Å². The molecule has 0 aliphatic rings. The molecule has 0 unspecified atom stereocenters. The highest BCUT2D eigenvalue weighted by atomic mass is 79.9. The van der Waals surface area contributed by atoms with E-state index in [1.165, 1.54) is 98.4 Å². The molecule has 750 valence electrons. The highest BCUT2D eigenvalue weighted by Gasteiger charge is 2.29. The molecule has 0 saturated heterocycles. The van der Waals surface area contributed by atoms with Crippen molar-refractivity contribution in [3.63, 3.8) is 0 Å². The topological polar surface area (TPSA) is 196 Å². The number of carbonyl (C=O) groups is 1. The first-order valence-electron chi connectivity index (χ1n) is 50.2. The van der Waals surface area contributed by atoms with Crippen molar-refractivity contribution in [2.45, 2.75) is 164 Å². The largest absolute Gasteiger partial charge is 0.507 e. The second kappa shape index (κ2) is 45.4. The van der Waals surface area contributed by atoms with Crippen molar-refractivity contribution >= 4 is 127 Å². The Labute approximate surface area is 901 Å². The van der Waals surface area contributed by atoms with E-state index < -0.39 is 7.12 Å². The van der Waals surface area contributed by atoms with Gasteiger partial charge in [-0.2, -0.15) is 0 Å². The summed E-state index contributed by atoms with van der Waals surface area (Å²) in [4.78, 5) is 30.9. The number of aldehydes is 1. The van der Waals surface area contributed by atoms with Gasteiger partial charge in [0.2, 0.25) is 0 Å². The number of fused-ring (bicyclic) bond motifs is 4. The number of para-hydroxylation sites is 3. The molecular weight excluding hydrogens is 1970 g/mol. The fourth-order valence-corrected chi connectivity index (χ4v) is 22.4. The van der Waals surface area contributed by atoms with Crippen LogP contribution in [0.3, 0.4) is 0 Å². The van der Waals surface area contributed by atoms with Crippen molar-refractivity contribution in [3.05, 3.63) is 425 Å². The summed E-state index contributed by atoms with van der Waals surface area (Å²) in [5.41, 5.74) is 40.7. The number of nitrogen functional groups attached to an aromatic ring is 1. The van der Waals surface area contributed by atoms with Crippen molar-refractivity contribution < 1.29 is 30.2 Å². The molecule has 0 aliphatic carbocycles. The average Bonchev–Trinajstić information content (AvgIpc) is 1.63. The van der Waals surface area contributed by atoms with Crippen LogP contribution in [0.1, 0.15) is 174 Å². The monoisotopic (exact) mass is 2100 g/mol. The summed E-state index contributed by atoms with van der Waals surface area (Å²) in [6, 6.07) is 128. The summed E-state index contributed by atoms with van der Waals surface area (Å²) >= 11 is 10.4. The number of carbonyl (C=O) groups excluding carboxylic acids is 1. The number of phenols is 3. The molecule has 0 saturated carbocycles. The van der Waals surface area contributed by atoms with Crippen LogP contribution >= 0.6 is 61.3 Å². The normalized spacial score (nSPS) is 11.7. The van der Waals surface area contributed by atoms with Gasteiger partial charge in [-0.3, -0.25) is 4.79 Å². The third-order valence-electron chi connectivity index (χ3n) is 26.4.